The van der Waals surface area contributed by atoms with Gasteiger partial charge in [-0.3, -0.25) is 0 Å². The van der Waals surface area contributed by atoms with Gasteiger partial charge >= 0.3 is 0 Å². The first-order chi connectivity index (χ1) is 9.79. The van der Waals surface area contributed by atoms with Crippen LogP contribution in [0.25, 0.3) is 0 Å². The molecule has 0 N–H and O–H groups in total. The fourth-order valence-corrected chi connectivity index (χ4v) is 4.01. The lowest BCUT2D eigenvalue weighted by atomic mass is 10.1. The minimum Gasteiger partial charge on any atom is -0.341 e. The van der Waals surface area contributed by atoms with Crippen LogP contribution >= 0.6 is 11.6 Å². The van der Waals surface area contributed by atoms with E-state index >= 15 is 0 Å². The minimum absolute atomic E-state index is 0.332. The minimum atomic E-state index is 0.332. The van der Waals surface area contributed by atoms with E-state index in [1.54, 1.807) is 0 Å². The van der Waals surface area contributed by atoms with Gasteiger partial charge in [0.15, 0.2) is 0 Å². The first-order valence-electron chi connectivity index (χ1n) is 7.73. The van der Waals surface area contributed by atoms with E-state index < -0.39 is 0 Å². The van der Waals surface area contributed by atoms with Gasteiger partial charge in [-0.1, -0.05) is 0 Å². The molecule has 6 heteroatoms. The molecular weight excluding hydrogens is 274 g/mol. The summed E-state index contributed by atoms with van der Waals surface area (Å²) in [5.41, 5.74) is 0. The second-order valence-electron chi connectivity index (χ2n) is 6.24. The van der Waals surface area contributed by atoms with Gasteiger partial charge in [-0.05, 0) is 56.0 Å². The molecule has 3 heterocycles. The van der Waals surface area contributed by atoms with Gasteiger partial charge in [-0.2, -0.15) is 15.0 Å². The number of fused-ring (bicyclic) bond motifs is 2. The Labute approximate surface area is 124 Å². The zero-order valence-electron chi connectivity index (χ0n) is 11.6. The summed E-state index contributed by atoms with van der Waals surface area (Å²) < 4.78 is 0. The zero-order valence-corrected chi connectivity index (χ0v) is 12.4. The third-order valence-corrected chi connectivity index (χ3v) is 5.06. The molecule has 0 spiro atoms. The number of hydrogen-bond donors (Lipinski definition) is 0. The Balaban J connectivity index is 1.61. The smallest absolute Gasteiger partial charge is 0.231 e. The van der Waals surface area contributed by atoms with Gasteiger partial charge in [-0.25, -0.2) is 0 Å². The molecule has 2 saturated heterocycles. The summed E-state index contributed by atoms with van der Waals surface area (Å²) in [5.74, 6) is 2.38. The average Bonchev–Trinajstić information content (AvgIpc) is 3.10. The molecule has 1 saturated carbocycles. The molecule has 5 nitrogen and oxygen atoms in total. The topological polar surface area (TPSA) is 45.2 Å². The largest absolute Gasteiger partial charge is 0.341 e. The molecule has 1 aromatic rings. The fraction of sp³-hybridized carbons (Fsp3) is 0.786. The lowest BCUT2D eigenvalue weighted by Crippen LogP contribution is -2.35. The quantitative estimate of drug-likeness (QED) is 0.838. The maximum absolute atomic E-state index is 6.13. The highest BCUT2D eigenvalue weighted by Crippen LogP contribution is 2.39. The van der Waals surface area contributed by atoms with E-state index in [-0.39, 0.29) is 0 Å². The molecular formula is C14H20ClN5. The van der Waals surface area contributed by atoms with Gasteiger partial charge in [0.1, 0.15) is 0 Å². The molecule has 0 amide bonds. The summed E-state index contributed by atoms with van der Waals surface area (Å²) in [6, 6.07) is 0.618. The monoisotopic (exact) mass is 293 g/mol. The van der Waals surface area contributed by atoms with Crippen molar-refractivity contribution in [3.05, 3.63) is 5.28 Å². The normalized spacial score (nSPS) is 29.2. The molecule has 20 heavy (non-hydrogen) atoms. The molecule has 0 radical (unpaired) electrons. The Hall–Kier alpha value is -1.10. The maximum Gasteiger partial charge on any atom is 0.231 e. The van der Waals surface area contributed by atoms with E-state index in [0.29, 0.717) is 11.3 Å². The zero-order chi connectivity index (χ0) is 13.5. The van der Waals surface area contributed by atoms with Crippen LogP contribution < -0.4 is 9.80 Å². The van der Waals surface area contributed by atoms with Crippen molar-refractivity contribution in [2.75, 3.05) is 29.4 Å². The fourth-order valence-electron chi connectivity index (χ4n) is 3.86. The van der Waals surface area contributed by atoms with Crippen molar-refractivity contribution in [2.24, 2.45) is 5.92 Å². The van der Waals surface area contributed by atoms with Crippen LogP contribution in [0, 0.1) is 5.92 Å². The number of aromatic nitrogens is 3. The summed E-state index contributed by atoms with van der Waals surface area (Å²) in [7, 11) is 0. The second-order valence-corrected chi connectivity index (χ2v) is 6.58. The van der Waals surface area contributed by atoms with E-state index in [4.69, 9.17) is 16.6 Å². The highest BCUT2D eigenvalue weighted by molar-refractivity contribution is 6.28. The summed E-state index contributed by atoms with van der Waals surface area (Å²) in [4.78, 5) is 18.0. The van der Waals surface area contributed by atoms with Crippen LogP contribution in [-0.2, 0) is 0 Å². The maximum atomic E-state index is 6.13. The number of nitrogens with zero attached hydrogens (tertiary/aromatic N) is 5. The van der Waals surface area contributed by atoms with Crippen molar-refractivity contribution in [1.29, 1.82) is 0 Å². The molecule has 4 rings (SSSR count). The Morgan fingerprint density at radius 3 is 2.45 bits per heavy atom. The molecule has 1 aliphatic carbocycles. The molecule has 108 valence electrons. The van der Waals surface area contributed by atoms with Gasteiger partial charge in [0.05, 0.1) is 0 Å². The van der Waals surface area contributed by atoms with Crippen LogP contribution in [0.1, 0.15) is 38.5 Å². The molecule has 0 aromatic carbocycles. The molecule has 3 aliphatic rings. The Kier molecular flexibility index (Phi) is 3.17. The summed E-state index contributed by atoms with van der Waals surface area (Å²) in [6.45, 7) is 3.15. The van der Waals surface area contributed by atoms with Gasteiger partial charge in [0.25, 0.3) is 0 Å². The van der Waals surface area contributed by atoms with E-state index in [1.807, 2.05) is 0 Å². The number of anilines is 2. The molecule has 2 unspecified atom stereocenters. The Morgan fingerprint density at radius 2 is 1.75 bits per heavy atom. The van der Waals surface area contributed by atoms with Crippen LogP contribution in [0.5, 0.6) is 0 Å². The SMILES string of the molecule is Clc1nc(N2CCCCC2)nc(N2CC3CCC2C3)n1. The van der Waals surface area contributed by atoms with Crippen molar-refractivity contribution < 1.29 is 0 Å². The third-order valence-electron chi connectivity index (χ3n) is 4.89. The summed E-state index contributed by atoms with van der Waals surface area (Å²) >= 11 is 6.13. The van der Waals surface area contributed by atoms with Gasteiger partial charge in [0, 0.05) is 25.7 Å². The van der Waals surface area contributed by atoms with Crippen molar-refractivity contribution in [3.63, 3.8) is 0 Å². The number of rotatable bonds is 2. The van der Waals surface area contributed by atoms with Gasteiger partial charge < -0.3 is 9.80 Å². The van der Waals surface area contributed by atoms with E-state index in [0.717, 1.165) is 37.4 Å². The molecule has 2 atom stereocenters. The number of piperidine rings is 2. The first kappa shape index (κ1) is 12.6. The second kappa shape index (κ2) is 5.02. The van der Waals surface area contributed by atoms with Crippen molar-refractivity contribution in [2.45, 2.75) is 44.6 Å². The molecule has 3 fully saturated rings. The molecule has 2 aliphatic heterocycles. The molecule has 2 bridgehead atoms. The summed E-state index contributed by atoms with van der Waals surface area (Å²) in [6.07, 6.45) is 7.66. The Morgan fingerprint density at radius 1 is 0.950 bits per heavy atom. The van der Waals surface area contributed by atoms with Crippen molar-refractivity contribution >= 4 is 23.5 Å². The van der Waals surface area contributed by atoms with Gasteiger partial charge in [0.2, 0.25) is 17.2 Å². The van der Waals surface area contributed by atoms with E-state index in [2.05, 4.69) is 19.8 Å². The number of hydrogen-bond acceptors (Lipinski definition) is 5. The van der Waals surface area contributed by atoms with Crippen molar-refractivity contribution in [3.8, 4) is 0 Å². The third kappa shape index (κ3) is 2.22. The summed E-state index contributed by atoms with van der Waals surface area (Å²) in [5, 5.41) is 0.332. The average molecular weight is 294 g/mol. The number of halogens is 1. The van der Waals surface area contributed by atoms with Crippen LogP contribution in [0.4, 0.5) is 11.9 Å². The van der Waals surface area contributed by atoms with Crippen molar-refractivity contribution in [1.82, 2.24) is 15.0 Å². The Bertz CT molecular complexity index is 502. The van der Waals surface area contributed by atoms with Crippen LogP contribution in [0.15, 0.2) is 0 Å². The lowest BCUT2D eigenvalue weighted by Gasteiger charge is -2.30. The molecule has 1 aromatic heterocycles. The lowest BCUT2D eigenvalue weighted by molar-refractivity contribution is 0.542. The van der Waals surface area contributed by atoms with Crippen LogP contribution in [-0.4, -0.2) is 40.6 Å². The van der Waals surface area contributed by atoms with E-state index in [1.165, 1.54) is 38.5 Å². The van der Waals surface area contributed by atoms with E-state index in [9.17, 15) is 0 Å². The van der Waals surface area contributed by atoms with Gasteiger partial charge in [-0.15, -0.1) is 0 Å². The highest BCUT2D eigenvalue weighted by atomic mass is 35.5. The van der Waals surface area contributed by atoms with Crippen LogP contribution in [0.3, 0.4) is 0 Å². The first-order valence-corrected chi connectivity index (χ1v) is 8.10. The standard InChI is InChI=1S/C14H20ClN5/c15-12-16-13(19-6-2-1-3-7-19)18-14(17-12)20-9-10-4-5-11(20)8-10/h10-11H,1-9H2. The predicted molar refractivity (Wildman–Crippen MR) is 79.4 cm³/mol. The predicted octanol–water partition coefficient (Wildman–Crippen LogP) is 2.50. The van der Waals surface area contributed by atoms with Crippen LogP contribution in [0.2, 0.25) is 5.28 Å². The highest BCUT2D eigenvalue weighted by Gasteiger charge is 2.39.